The van der Waals surface area contributed by atoms with Gasteiger partial charge in [0, 0.05) is 55.5 Å². The largest absolute Gasteiger partial charge is 0.373 e. The molecule has 1 aliphatic heterocycles. The minimum Gasteiger partial charge on any atom is -0.373 e. The Bertz CT molecular complexity index is 1490. The molecule has 1 saturated heterocycles. The van der Waals surface area contributed by atoms with Crippen LogP contribution in [-0.2, 0) is 16.9 Å². The Hall–Kier alpha value is -4.31. The van der Waals surface area contributed by atoms with Gasteiger partial charge >= 0.3 is 0 Å². The highest BCUT2D eigenvalue weighted by Gasteiger charge is 2.48. The molecule has 2 amide bonds. The van der Waals surface area contributed by atoms with Crippen LogP contribution in [0.2, 0.25) is 0 Å². The second-order valence-corrected chi connectivity index (χ2v) is 8.97. The number of amides is 2. The first-order chi connectivity index (χ1) is 17.2. The lowest BCUT2D eigenvalue weighted by Gasteiger charge is -2.16. The first-order valence-corrected chi connectivity index (χ1v) is 11.6. The summed E-state index contributed by atoms with van der Waals surface area (Å²) in [5.41, 5.74) is 8.98. The van der Waals surface area contributed by atoms with Crippen LogP contribution in [0.3, 0.4) is 0 Å². The zero-order valence-electron chi connectivity index (χ0n) is 20.2. The molecule has 0 bridgehead atoms. The highest BCUT2D eigenvalue weighted by atomic mass is 16.5. The molecule has 3 N–H and O–H groups in total. The van der Waals surface area contributed by atoms with Gasteiger partial charge in [0.05, 0.1) is 11.4 Å². The quantitative estimate of drug-likeness (QED) is 0.427. The van der Waals surface area contributed by atoms with E-state index >= 15 is 0 Å². The lowest BCUT2D eigenvalue weighted by atomic mass is 9.97. The van der Waals surface area contributed by atoms with Crippen molar-refractivity contribution < 1.29 is 19.2 Å². The second kappa shape index (κ2) is 8.72. The van der Waals surface area contributed by atoms with Crippen molar-refractivity contribution in [2.75, 3.05) is 13.6 Å². The topological polar surface area (TPSA) is 140 Å². The van der Waals surface area contributed by atoms with E-state index < -0.39 is 17.4 Å². The molecule has 1 atom stereocenters. The number of likely N-dealkylation sites (N-methyl/N-ethyl adjacent to an activating group) is 1. The van der Waals surface area contributed by atoms with Crippen LogP contribution in [0.5, 0.6) is 0 Å². The highest BCUT2D eigenvalue weighted by Crippen LogP contribution is 2.35. The van der Waals surface area contributed by atoms with Crippen molar-refractivity contribution in [3.63, 3.8) is 0 Å². The molecule has 0 spiro atoms. The van der Waals surface area contributed by atoms with Crippen LogP contribution in [0.1, 0.15) is 35.3 Å². The van der Waals surface area contributed by atoms with Crippen molar-refractivity contribution in [2.45, 2.75) is 32.4 Å². The van der Waals surface area contributed by atoms with E-state index in [4.69, 9.17) is 10.3 Å². The lowest BCUT2D eigenvalue weighted by Crippen LogP contribution is -2.35. The van der Waals surface area contributed by atoms with Crippen LogP contribution in [0.25, 0.3) is 33.6 Å². The Morgan fingerprint density at radius 3 is 2.56 bits per heavy atom. The number of nitrogens with two attached hydrogens (primary N) is 1. The normalized spacial score (nSPS) is 17.7. The van der Waals surface area contributed by atoms with Crippen LogP contribution in [0, 0.1) is 6.92 Å². The SMILES string of the molecule is CCn1cc(-c2cc(C(N)=O)nc(-c3cccc(-c4cc([C@]5(O)CCN(C)C5=O)on4)c3)c2)c(C)n1. The Morgan fingerprint density at radius 1 is 1.17 bits per heavy atom. The molecule has 0 aliphatic carbocycles. The molecule has 36 heavy (non-hydrogen) atoms. The van der Waals surface area contributed by atoms with Gasteiger partial charge in [0.2, 0.25) is 5.60 Å². The van der Waals surface area contributed by atoms with E-state index in [2.05, 4.69) is 15.2 Å². The summed E-state index contributed by atoms with van der Waals surface area (Å²) in [6, 6.07) is 12.5. The van der Waals surface area contributed by atoms with Crippen molar-refractivity contribution in [3.8, 4) is 33.6 Å². The molecule has 1 aromatic carbocycles. The molecule has 0 radical (unpaired) electrons. The first-order valence-electron chi connectivity index (χ1n) is 11.6. The molecule has 10 nitrogen and oxygen atoms in total. The number of aliphatic hydroxyl groups is 1. The molecule has 4 aromatic rings. The molecule has 4 heterocycles. The van der Waals surface area contributed by atoms with Crippen molar-refractivity contribution >= 4 is 11.8 Å². The number of primary amides is 1. The van der Waals surface area contributed by atoms with E-state index in [9.17, 15) is 14.7 Å². The van der Waals surface area contributed by atoms with Gasteiger partial charge in [0.25, 0.3) is 11.8 Å². The average molecular weight is 487 g/mol. The number of rotatable bonds is 6. The van der Waals surface area contributed by atoms with Gasteiger partial charge in [-0.2, -0.15) is 5.10 Å². The van der Waals surface area contributed by atoms with Crippen LogP contribution in [0.4, 0.5) is 0 Å². The van der Waals surface area contributed by atoms with Gasteiger partial charge in [0.1, 0.15) is 11.4 Å². The van der Waals surface area contributed by atoms with E-state index in [1.807, 2.05) is 55.1 Å². The average Bonchev–Trinajstić information content (AvgIpc) is 3.59. The van der Waals surface area contributed by atoms with E-state index in [1.165, 1.54) is 4.90 Å². The number of aryl methyl sites for hydroxylation is 2. The molecule has 1 aliphatic rings. The number of hydrogen-bond acceptors (Lipinski definition) is 7. The lowest BCUT2D eigenvalue weighted by molar-refractivity contribution is -0.144. The van der Waals surface area contributed by atoms with Gasteiger partial charge < -0.3 is 20.3 Å². The third-order valence-electron chi connectivity index (χ3n) is 6.54. The number of benzene rings is 1. The molecule has 10 heteroatoms. The number of hydrogen-bond donors (Lipinski definition) is 2. The number of carbonyl (C=O) groups excluding carboxylic acids is 2. The van der Waals surface area contributed by atoms with Gasteiger partial charge in [-0.1, -0.05) is 23.4 Å². The summed E-state index contributed by atoms with van der Waals surface area (Å²) in [4.78, 5) is 30.4. The van der Waals surface area contributed by atoms with Crippen LogP contribution in [-0.4, -0.2) is 55.3 Å². The Balaban J connectivity index is 1.54. The maximum atomic E-state index is 12.4. The number of carbonyl (C=O) groups is 2. The maximum Gasteiger partial charge on any atom is 0.267 e. The molecule has 1 fully saturated rings. The standard InChI is InChI=1S/C26H26N6O4/c1-4-32-14-19(15(2)29-32)18-11-20(28-22(12-18)24(27)33)16-6-5-7-17(10-16)21-13-23(36-30-21)26(35)8-9-31(3)25(26)34/h5-7,10-14,35H,4,8-9H2,1-3H3,(H2,27,33)/t26-/m1/s1. The maximum absolute atomic E-state index is 12.4. The number of pyridine rings is 1. The third kappa shape index (κ3) is 3.95. The summed E-state index contributed by atoms with van der Waals surface area (Å²) in [5.74, 6) is -0.937. The van der Waals surface area contributed by atoms with Gasteiger partial charge in [-0.25, -0.2) is 4.98 Å². The summed E-state index contributed by atoms with van der Waals surface area (Å²) in [5, 5.41) is 19.5. The summed E-state index contributed by atoms with van der Waals surface area (Å²) in [6.07, 6.45) is 2.16. The van der Waals surface area contributed by atoms with Crippen molar-refractivity contribution in [1.29, 1.82) is 0 Å². The molecular formula is C26H26N6O4. The molecule has 0 saturated carbocycles. The Morgan fingerprint density at radius 2 is 1.92 bits per heavy atom. The molecule has 5 rings (SSSR count). The van der Waals surface area contributed by atoms with E-state index in [-0.39, 0.29) is 17.9 Å². The van der Waals surface area contributed by atoms with E-state index in [0.717, 1.165) is 28.9 Å². The minimum atomic E-state index is -1.72. The monoisotopic (exact) mass is 486 g/mol. The predicted octanol–water partition coefficient (Wildman–Crippen LogP) is 2.74. The van der Waals surface area contributed by atoms with Crippen LogP contribution < -0.4 is 5.73 Å². The van der Waals surface area contributed by atoms with Gasteiger partial charge in [-0.3, -0.25) is 14.3 Å². The minimum absolute atomic E-state index is 0.108. The second-order valence-electron chi connectivity index (χ2n) is 8.97. The number of nitrogens with zero attached hydrogens (tertiary/aromatic N) is 5. The first kappa shape index (κ1) is 23.4. The fraction of sp³-hybridized carbons (Fsp3) is 0.269. The van der Waals surface area contributed by atoms with Crippen molar-refractivity contribution in [1.82, 2.24) is 24.8 Å². The third-order valence-corrected chi connectivity index (χ3v) is 6.54. The molecular weight excluding hydrogens is 460 g/mol. The summed E-state index contributed by atoms with van der Waals surface area (Å²) in [6.45, 7) is 5.07. The number of likely N-dealkylation sites (tertiary alicyclic amines) is 1. The van der Waals surface area contributed by atoms with E-state index in [1.54, 1.807) is 19.2 Å². The predicted molar refractivity (Wildman–Crippen MR) is 131 cm³/mol. The van der Waals surface area contributed by atoms with E-state index in [0.29, 0.717) is 23.5 Å². The van der Waals surface area contributed by atoms with Gasteiger partial charge in [0.15, 0.2) is 5.76 Å². The van der Waals surface area contributed by atoms with Crippen LogP contribution >= 0.6 is 0 Å². The summed E-state index contributed by atoms with van der Waals surface area (Å²) < 4.78 is 7.22. The van der Waals surface area contributed by atoms with Crippen molar-refractivity contribution in [3.05, 3.63) is 65.8 Å². The zero-order chi connectivity index (χ0) is 25.6. The smallest absolute Gasteiger partial charge is 0.267 e. The summed E-state index contributed by atoms with van der Waals surface area (Å²) >= 11 is 0. The molecule has 0 unspecified atom stereocenters. The van der Waals surface area contributed by atoms with Gasteiger partial charge in [-0.05, 0) is 37.6 Å². The molecule has 3 aromatic heterocycles. The Labute approximate surface area is 207 Å². The number of aromatic nitrogens is 4. The summed E-state index contributed by atoms with van der Waals surface area (Å²) in [7, 11) is 1.64. The highest BCUT2D eigenvalue weighted by molar-refractivity contribution is 5.93. The van der Waals surface area contributed by atoms with Gasteiger partial charge in [-0.15, -0.1) is 0 Å². The molecule has 184 valence electrons. The zero-order valence-corrected chi connectivity index (χ0v) is 20.2. The fourth-order valence-electron chi connectivity index (χ4n) is 4.45. The van der Waals surface area contributed by atoms with Crippen molar-refractivity contribution in [2.24, 2.45) is 5.73 Å². The fourth-order valence-corrected chi connectivity index (χ4v) is 4.45. The van der Waals surface area contributed by atoms with Crippen LogP contribution in [0.15, 0.2) is 53.2 Å². The Kier molecular flexibility index (Phi) is 5.68.